The third-order valence-corrected chi connectivity index (χ3v) is 4.63. The second kappa shape index (κ2) is 5.39. The summed E-state index contributed by atoms with van der Waals surface area (Å²) in [6.07, 6.45) is 12.0. The van der Waals surface area contributed by atoms with E-state index in [4.69, 9.17) is 5.26 Å². The molecule has 0 unspecified atom stereocenters. The van der Waals surface area contributed by atoms with Crippen molar-refractivity contribution in [3.8, 4) is 6.07 Å². The second-order valence-corrected chi connectivity index (χ2v) is 6.03. The van der Waals surface area contributed by atoms with Gasteiger partial charge < -0.3 is 10.3 Å². The van der Waals surface area contributed by atoms with Crippen LogP contribution in [0.2, 0.25) is 0 Å². The summed E-state index contributed by atoms with van der Waals surface area (Å²) in [6.45, 7) is 0. The largest absolute Gasteiger partial charge is 0.346 e. The molecule has 0 aliphatic heterocycles. The van der Waals surface area contributed by atoms with Crippen molar-refractivity contribution in [1.82, 2.24) is 24.7 Å². The zero-order valence-electron chi connectivity index (χ0n) is 12.7. The number of H-pyrrole nitrogens is 1. The number of fused-ring (bicyclic) bond motifs is 1. The standard InChI is InChI=1S/C16H17N7/c17-7-6-16(4-1-2-5-16)23-10-12(9-21-23)22-15-13-3-8-18-14(13)19-11-20-15/h3,8-11H,1-2,4-6H2,(H2,18,19,20,22). The van der Waals surface area contributed by atoms with Crippen LogP contribution in [0.4, 0.5) is 11.5 Å². The van der Waals surface area contributed by atoms with Gasteiger partial charge in [-0.25, -0.2) is 9.97 Å². The maximum Gasteiger partial charge on any atom is 0.143 e. The topological polar surface area (TPSA) is 95.2 Å². The molecule has 0 amide bonds. The maximum atomic E-state index is 9.16. The summed E-state index contributed by atoms with van der Waals surface area (Å²) in [4.78, 5) is 11.6. The Morgan fingerprint density at radius 2 is 2.22 bits per heavy atom. The Labute approximate surface area is 133 Å². The molecule has 0 radical (unpaired) electrons. The molecule has 3 aromatic heterocycles. The van der Waals surface area contributed by atoms with Crippen molar-refractivity contribution < 1.29 is 0 Å². The lowest BCUT2D eigenvalue weighted by Crippen LogP contribution is -2.30. The highest BCUT2D eigenvalue weighted by Gasteiger charge is 2.36. The van der Waals surface area contributed by atoms with Gasteiger partial charge in [0.2, 0.25) is 0 Å². The van der Waals surface area contributed by atoms with Crippen LogP contribution in [0.5, 0.6) is 0 Å². The van der Waals surface area contributed by atoms with Gasteiger partial charge >= 0.3 is 0 Å². The van der Waals surface area contributed by atoms with Crippen molar-refractivity contribution in [2.45, 2.75) is 37.6 Å². The Kier molecular flexibility index (Phi) is 3.23. The molecule has 116 valence electrons. The fourth-order valence-electron chi connectivity index (χ4n) is 3.42. The van der Waals surface area contributed by atoms with Crippen LogP contribution in [0, 0.1) is 11.3 Å². The monoisotopic (exact) mass is 307 g/mol. The number of rotatable bonds is 4. The van der Waals surface area contributed by atoms with Crippen molar-refractivity contribution in [1.29, 1.82) is 5.26 Å². The number of hydrogen-bond donors (Lipinski definition) is 2. The molecule has 1 fully saturated rings. The Hall–Kier alpha value is -2.88. The van der Waals surface area contributed by atoms with Gasteiger partial charge in [-0.3, -0.25) is 4.68 Å². The number of hydrogen-bond acceptors (Lipinski definition) is 5. The highest BCUT2D eigenvalue weighted by atomic mass is 15.3. The third-order valence-electron chi connectivity index (χ3n) is 4.63. The summed E-state index contributed by atoms with van der Waals surface area (Å²) in [5, 5.41) is 17.9. The van der Waals surface area contributed by atoms with Crippen LogP contribution in [0.15, 0.2) is 31.0 Å². The summed E-state index contributed by atoms with van der Waals surface area (Å²) < 4.78 is 1.96. The predicted molar refractivity (Wildman–Crippen MR) is 86.1 cm³/mol. The molecule has 0 atom stereocenters. The number of aromatic amines is 1. The lowest BCUT2D eigenvalue weighted by atomic mass is 9.94. The molecule has 1 aliphatic carbocycles. The summed E-state index contributed by atoms with van der Waals surface area (Å²) in [7, 11) is 0. The van der Waals surface area contributed by atoms with Gasteiger partial charge in [-0.1, -0.05) is 12.8 Å². The van der Waals surface area contributed by atoms with Crippen LogP contribution in [0.25, 0.3) is 11.0 Å². The van der Waals surface area contributed by atoms with Crippen molar-refractivity contribution in [2.24, 2.45) is 0 Å². The van der Waals surface area contributed by atoms with E-state index in [-0.39, 0.29) is 5.54 Å². The molecule has 1 saturated carbocycles. The first kappa shape index (κ1) is 13.8. The minimum Gasteiger partial charge on any atom is -0.346 e. The Balaban J connectivity index is 1.63. The summed E-state index contributed by atoms with van der Waals surface area (Å²) in [5.74, 6) is 0.747. The minimum absolute atomic E-state index is 0.149. The molecule has 1 aliphatic rings. The number of nitrogens with one attached hydrogen (secondary N) is 2. The fraction of sp³-hybridized carbons (Fsp3) is 0.375. The first-order valence-corrected chi connectivity index (χ1v) is 7.78. The summed E-state index contributed by atoms with van der Waals surface area (Å²) >= 11 is 0. The number of nitriles is 1. The zero-order valence-corrected chi connectivity index (χ0v) is 12.7. The molecule has 0 saturated heterocycles. The lowest BCUT2D eigenvalue weighted by molar-refractivity contribution is 0.269. The Bertz CT molecular complexity index is 864. The predicted octanol–water partition coefficient (Wildman–Crippen LogP) is 3.08. The van der Waals surface area contributed by atoms with E-state index in [0.29, 0.717) is 6.42 Å². The molecular formula is C16H17N7. The molecule has 3 heterocycles. The van der Waals surface area contributed by atoms with E-state index < -0.39 is 0 Å². The second-order valence-electron chi connectivity index (χ2n) is 6.03. The van der Waals surface area contributed by atoms with Gasteiger partial charge in [0.15, 0.2) is 0 Å². The van der Waals surface area contributed by atoms with Crippen molar-refractivity contribution in [3.05, 3.63) is 31.0 Å². The molecule has 23 heavy (non-hydrogen) atoms. The number of anilines is 2. The van der Waals surface area contributed by atoms with Crippen molar-refractivity contribution in [3.63, 3.8) is 0 Å². The van der Waals surface area contributed by atoms with Crippen LogP contribution < -0.4 is 5.32 Å². The molecule has 0 bridgehead atoms. The molecule has 7 heteroatoms. The van der Waals surface area contributed by atoms with Crippen LogP contribution >= 0.6 is 0 Å². The molecule has 0 aromatic carbocycles. The van der Waals surface area contributed by atoms with E-state index in [9.17, 15) is 0 Å². The molecule has 7 nitrogen and oxygen atoms in total. The molecule has 4 rings (SSSR count). The van der Waals surface area contributed by atoms with Crippen LogP contribution in [0.3, 0.4) is 0 Å². The van der Waals surface area contributed by atoms with Gasteiger partial charge in [0, 0.05) is 12.4 Å². The van der Waals surface area contributed by atoms with Gasteiger partial charge in [-0.05, 0) is 18.9 Å². The quantitative estimate of drug-likeness (QED) is 0.772. The fourth-order valence-corrected chi connectivity index (χ4v) is 3.42. The Morgan fingerprint density at radius 1 is 1.35 bits per heavy atom. The molecular weight excluding hydrogens is 290 g/mol. The van der Waals surface area contributed by atoms with E-state index in [0.717, 1.165) is 48.2 Å². The highest BCUT2D eigenvalue weighted by Crippen LogP contribution is 2.39. The first-order chi connectivity index (χ1) is 11.3. The lowest BCUT2D eigenvalue weighted by Gasteiger charge is -2.26. The van der Waals surface area contributed by atoms with Crippen LogP contribution in [0.1, 0.15) is 32.1 Å². The van der Waals surface area contributed by atoms with Crippen molar-refractivity contribution >= 4 is 22.5 Å². The van der Waals surface area contributed by atoms with Crippen LogP contribution in [-0.2, 0) is 5.54 Å². The third kappa shape index (κ3) is 2.32. The van der Waals surface area contributed by atoms with Gasteiger partial charge in [-0.2, -0.15) is 10.4 Å². The molecule has 2 N–H and O–H groups in total. The van der Waals surface area contributed by atoms with Gasteiger partial charge in [0.1, 0.15) is 17.8 Å². The minimum atomic E-state index is -0.149. The Morgan fingerprint density at radius 3 is 3.04 bits per heavy atom. The smallest absolute Gasteiger partial charge is 0.143 e. The highest BCUT2D eigenvalue weighted by molar-refractivity contribution is 5.88. The van der Waals surface area contributed by atoms with E-state index in [1.165, 1.54) is 6.33 Å². The number of nitrogens with zero attached hydrogens (tertiary/aromatic N) is 5. The maximum absolute atomic E-state index is 9.16. The molecule has 0 spiro atoms. The van der Waals surface area contributed by atoms with E-state index in [1.54, 1.807) is 6.20 Å². The summed E-state index contributed by atoms with van der Waals surface area (Å²) in [5.41, 5.74) is 1.52. The number of aromatic nitrogens is 5. The zero-order chi connectivity index (χ0) is 15.7. The van der Waals surface area contributed by atoms with Crippen LogP contribution in [-0.4, -0.2) is 24.7 Å². The van der Waals surface area contributed by atoms with E-state index in [2.05, 4.69) is 31.4 Å². The van der Waals surface area contributed by atoms with E-state index >= 15 is 0 Å². The van der Waals surface area contributed by atoms with Gasteiger partial charge in [-0.15, -0.1) is 0 Å². The molecule has 3 aromatic rings. The van der Waals surface area contributed by atoms with Crippen molar-refractivity contribution in [2.75, 3.05) is 5.32 Å². The SMILES string of the molecule is N#CCC1(n2cc(Nc3ncnc4[nH]ccc34)cn2)CCCC1. The first-order valence-electron chi connectivity index (χ1n) is 7.78. The van der Waals surface area contributed by atoms with Gasteiger partial charge in [0.05, 0.1) is 35.3 Å². The average Bonchev–Trinajstić information content (AvgIpc) is 3.28. The normalized spacial score (nSPS) is 16.5. The van der Waals surface area contributed by atoms with Gasteiger partial charge in [0.25, 0.3) is 0 Å². The average molecular weight is 307 g/mol. The summed E-state index contributed by atoms with van der Waals surface area (Å²) in [6, 6.07) is 4.26. The van der Waals surface area contributed by atoms with E-state index in [1.807, 2.05) is 23.1 Å².